The van der Waals surface area contributed by atoms with Crippen LogP contribution >= 0.6 is 0 Å². The number of phenolic OH excluding ortho intramolecular Hbond substituents is 2. The number of aryl methyl sites for hydroxylation is 1. The van der Waals surface area contributed by atoms with E-state index < -0.39 is 35.6 Å². The zero-order valence-electron chi connectivity index (χ0n) is 51.0. The number of aliphatic hydroxyl groups excluding tert-OH is 2. The number of aromatic hydroxyl groups is 2. The van der Waals surface area contributed by atoms with Crippen molar-refractivity contribution >= 4 is 17.0 Å². The first-order chi connectivity index (χ1) is 42.3. The zero-order valence-corrected chi connectivity index (χ0v) is 51.0. The highest BCUT2D eigenvalue weighted by atomic mass is 16.6. The first kappa shape index (κ1) is 59.6. The fourth-order valence-corrected chi connectivity index (χ4v) is 16.5. The van der Waals surface area contributed by atoms with Crippen molar-refractivity contribution in [3.8, 4) is 51.7 Å². The normalized spacial score (nSPS) is 25.6. The molecule has 4 heterocycles. The molecule has 9 atom stereocenters. The van der Waals surface area contributed by atoms with Crippen LogP contribution in [-0.4, -0.2) is 112 Å². The van der Waals surface area contributed by atoms with Crippen LogP contribution in [0.1, 0.15) is 160 Å². The van der Waals surface area contributed by atoms with E-state index in [1.807, 2.05) is 31.3 Å². The number of hydrogen-bond donors (Lipinski definition) is 10. The standard InChI is InChI=1S/C73H89N5O9/c1-45(2)36-71(3,83)42-75-43-77-64-17-9-16-52(40-79)85-63-34-49(19-24-62(63)82)70-73(64,84-44-78-51-15-10-29-72(37-51)27-7-8-28-72)38-59-56-35-58-65(48-18-23-60-47(32-48)26-31-76-60)50(39-74-30-11-14-46-12-5-4-6-13-46)33-57-61(81)25-22-54(66(57)58)67(56)69-55(68(59)87-70)21-20-53(41-80)86-69/h4-6,12-13,18-19,22-26,31-34,45,51-53,58,64-65,70,74-83H,7-8,10-11,14-16,20-21,27-30,35-44H2,1-3H3. The Hall–Kier alpha value is -6.38. The highest BCUT2D eigenvalue weighted by Crippen LogP contribution is 2.62. The molecule has 2 bridgehead atoms. The van der Waals surface area contributed by atoms with E-state index in [-0.39, 0.29) is 68.2 Å². The lowest BCUT2D eigenvalue weighted by Gasteiger charge is -2.50. The third kappa shape index (κ3) is 12.0. The van der Waals surface area contributed by atoms with E-state index in [1.54, 1.807) is 6.07 Å². The molecule has 9 unspecified atom stereocenters. The first-order valence-electron chi connectivity index (χ1n) is 32.5. The number of aliphatic hydroxyl groups is 3. The number of fused-ring (bicyclic) bond motifs is 12. The Balaban J connectivity index is 0.973. The number of hydrogen-bond acceptors (Lipinski definition) is 13. The topological polar surface area (TPSA) is 202 Å². The molecule has 1 spiro atoms. The van der Waals surface area contributed by atoms with Crippen molar-refractivity contribution < 1.29 is 44.5 Å². The highest BCUT2D eigenvalue weighted by Gasteiger charge is 2.55. The summed E-state index contributed by atoms with van der Waals surface area (Å²) in [6.07, 6.45) is 16.7. The van der Waals surface area contributed by atoms with Gasteiger partial charge in [0.15, 0.2) is 17.6 Å². The number of nitrogens with one attached hydrogen (secondary N) is 5. The van der Waals surface area contributed by atoms with Crippen LogP contribution in [0.15, 0.2) is 96.7 Å². The molecule has 2 saturated carbocycles. The molecular weight excluding hydrogens is 1090 g/mol. The van der Waals surface area contributed by atoms with Crippen LogP contribution in [0.3, 0.4) is 0 Å². The smallest absolute Gasteiger partial charge is 0.161 e. The Bertz CT molecular complexity index is 3540. The molecule has 3 aliphatic heterocycles. The van der Waals surface area contributed by atoms with Crippen LogP contribution in [0.4, 0.5) is 0 Å². The minimum absolute atomic E-state index is 0.0632. The minimum atomic E-state index is -1.28. The maximum Gasteiger partial charge on any atom is 0.161 e. The van der Waals surface area contributed by atoms with E-state index in [2.05, 4.69) is 119 Å². The maximum atomic E-state index is 12.2. The number of rotatable bonds is 20. The van der Waals surface area contributed by atoms with Gasteiger partial charge in [-0.1, -0.05) is 93.5 Å². The van der Waals surface area contributed by atoms with E-state index >= 15 is 0 Å². The lowest BCUT2D eigenvalue weighted by molar-refractivity contribution is -0.144. The average Bonchev–Trinajstić information content (AvgIpc) is 0.944. The fraction of sp³-hybridized carbons (Fsp3) is 0.507. The Labute approximate surface area is 512 Å². The predicted molar refractivity (Wildman–Crippen MR) is 340 cm³/mol. The number of aromatic nitrogens is 1. The summed E-state index contributed by atoms with van der Waals surface area (Å²) >= 11 is 0. The molecule has 0 amide bonds. The Morgan fingerprint density at radius 3 is 2.47 bits per heavy atom. The Morgan fingerprint density at radius 1 is 0.828 bits per heavy atom. The summed E-state index contributed by atoms with van der Waals surface area (Å²) in [5.41, 5.74) is 10.4. The van der Waals surface area contributed by atoms with Crippen molar-refractivity contribution in [2.24, 2.45) is 11.3 Å². The van der Waals surface area contributed by atoms with Gasteiger partial charge in [0.05, 0.1) is 25.5 Å². The predicted octanol–water partition coefficient (Wildman–Crippen LogP) is 10.9. The summed E-state index contributed by atoms with van der Waals surface area (Å²) in [7, 11) is 0. The molecule has 460 valence electrons. The van der Waals surface area contributed by atoms with Gasteiger partial charge in [0, 0.05) is 78.5 Å². The molecule has 7 aliphatic rings. The monoisotopic (exact) mass is 1180 g/mol. The van der Waals surface area contributed by atoms with Gasteiger partial charge in [-0.25, -0.2) is 0 Å². The summed E-state index contributed by atoms with van der Waals surface area (Å²) in [6.45, 7) is 7.92. The van der Waals surface area contributed by atoms with Crippen LogP contribution in [0, 0.1) is 23.2 Å². The van der Waals surface area contributed by atoms with Gasteiger partial charge in [-0.2, -0.15) is 0 Å². The number of aromatic amines is 1. The molecule has 5 aromatic carbocycles. The van der Waals surface area contributed by atoms with Gasteiger partial charge in [-0.05, 0) is 188 Å². The SMILES string of the molecule is CC(C)CC(C)(O)CNCNC1C#CCC(CO)Oc2cc(ccc2O)C2Oc3c(c4c(c5c3CCC(CO)O5)-c3ccc(O)c5c3C(C4)C(c3ccc4[nH]ccc4c3)C(CNCCCc3ccccc3)=C5)CC12OCNC1CCCC2(CCCC2)C1. The van der Waals surface area contributed by atoms with Crippen molar-refractivity contribution in [1.82, 2.24) is 26.3 Å². The number of benzene rings is 5. The maximum absolute atomic E-state index is 12.2. The quantitative estimate of drug-likeness (QED) is 0.0197. The third-order valence-corrected chi connectivity index (χ3v) is 20.4. The molecule has 14 nitrogen and oxygen atoms in total. The molecule has 10 N–H and O–H groups in total. The second-order valence-electron chi connectivity index (χ2n) is 27.1. The Morgan fingerprint density at radius 2 is 1.64 bits per heavy atom. The lowest BCUT2D eigenvalue weighted by atomic mass is 9.62. The van der Waals surface area contributed by atoms with Gasteiger partial charge in [-0.3, -0.25) is 10.6 Å². The van der Waals surface area contributed by atoms with Crippen LogP contribution in [0.2, 0.25) is 0 Å². The van der Waals surface area contributed by atoms with E-state index in [9.17, 15) is 25.5 Å². The molecule has 2 fully saturated rings. The summed E-state index contributed by atoms with van der Waals surface area (Å²) < 4.78 is 29.2. The molecule has 0 radical (unpaired) electrons. The van der Waals surface area contributed by atoms with Gasteiger partial charge in [0.2, 0.25) is 0 Å². The summed E-state index contributed by atoms with van der Waals surface area (Å²) in [5, 5.41) is 73.3. The van der Waals surface area contributed by atoms with Crippen molar-refractivity contribution in [2.75, 3.05) is 46.2 Å². The van der Waals surface area contributed by atoms with E-state index in [4.69, 9.17) is 18.9 Å². The zero-order chi connectivity index (χ0) is 59.9. The molecule has 13 rings (SSSR count). The van der Waals surface area contributed by atoms with Crippen LogP contribution in [0.25, 0.3) is 28.1 Å². The lowest BCUT2D eigenvalue weighted by Crippen LogP contribution is -2.62. The average molecular weight is 1180 g/mol. The Kier molecular flexibility index (Phi) is 17.3. The molecule has 14 heteroatoms. The summed E-state index contributed by atoms with van der Waals surface area (Å²) in [5.74, 6) is 8.99. The largest absolute Gasteiger partial charge is 0.507 e. The molecule has 87 heavy (non-hydrogen) atoms. The van der Waals surface area contributed by atoms with Gasteiger partial charge >= 0.3 is 0 Å². The molecule has 0 saturated heterocycles. The second-order valence-corrected chi connectivity index (χ2v) is 27.1. The van der Waals surface area contributed by atoms with Crippen molar-refractivity contribution in [3.05, 3.63) is 141 Å². The van der Waals surface area contributed by atoms with Crippen molar-refractivity contribution in [2.45, 2.75) is 177 Å². The van der Waals surface area contributed by atoms with Crippen molar-refractivity contribution in [1.29, 1.82) is 0 Å². The van der Waals surface area contributed by atoms with E-state index in [0.29, 0.717) is 67.8 Å². The minimum Gasteiger partial charge on any atom is -0.507 e. The second kappa shape index (κ2) is 25.2. The van der Waals surface area contributed by atoms with Crippen LogP contribution < -0.4 is 35.5 Å². The van der Waals surface area contributed by atoms with Crippen LogP contribution in [0.5, 0.6) is 28.7 Å². The highest BCUT2D eigenvalue weighted by molar-refractivity contribution is 5.90. The number of H-pyrrole nitrogens is 1. The molecular formula is C73H89N5O9. The summed E-state index contributed by atoms with van der Waals surface area (Å²) in [4.78, 5) is 3.43. The number of ether oxygens (including phenoxy) is 4. The molecule has 1 aromatic heterocycles. The summed E-state index contributed by atoms with van der Waals surface area (Å²) in [6, 6.07) is 28.4. The fourth-order valence-electron chi connectivity index (χ4n) is 16.5. The number of phenols is 2. The van der Waals surface area contributed by atoms with E-state index in [0.717, 1.165) is 87.8 Å². The molecule has 4 aliphatic carbocycles. The first-order valence-corrected chi connectivity index (χ1v) is 32.5. The third-order valence-electron chi connectivity index (χ3n) is 20.4. The van der Waals surface area contributed by atoms with Gasteiger partial charge < -0.3 is 60.1 Å². The van der Waals surface area contributed by atoms with Gasteiger partial charge in [0.25, 0.3) is 0 Å². The molecule has 6 aromatic rings. The van der Waals surface area contributed by atoms with Crippen molar-refractivity contribution in [3.63, 3.8) is 0 Å². The van der Waals surface area contributed by atoms with Crippen LogP contribution in [-0.2, 0) is 30.4 Å². The van der Waals surface area contributed by atoms with E-state index in [1.165, 1.54) is 55.2 Å². The van der Waals surface area contributed by atoms with Gasteiger partial charge in [0.1, 0.15) is 41.1 Å². The van der Waals surface area contributed by atoms with Gasteiger partial charge in [-0.15, -0.1) is 0 Å².